The molecule has 0 radical (unpaired) electrons. The van der Waals surface area contributed by atoms with Gasteiger partial charge in [0.05, 0.1) is 26.1 Å². The van der Waals surface area contributed by atoms with Crippen LogP contribution in [0.5, 0.6) is 0 Å². The first kappa shape index (κ1) is 35.5. The molecule has 0 unspecified atom stereocenters. The molecule has 1 rings (SSSR count). The van der Waals surface area contributed by atoms with Crippen molar-refractivity contribution in [2.24, 2.45) is 0 Å². The molecule has 0 atom stereocenters. The highest BCUT2D eigenvalue weighted by molar-refractivity contribution is 5.74. The molecule has 0 aliphatic carbocycles. The molecule has 0 saturated carbocycles. The van der Waals surface area contributed by atoms with Gasteiger partial charge in [0.1, 0.15) is 12.7 Å². The molecule has 228 valence electrons. The van der Waals surface area contributed by atoms with Crippen LogP contribution in [0.15, 0.2) is 30.3 Å². The normalized spacial score (nSPS) is 10.9. The number of hydrogen-bond donors (Lipinski definition) is 0. The number of carbonyl (C=O) groups excluding carboxylic acids is 3. The number of hydrogen-bond acceptors (Lipinski definition) is 7. The molecule has 0 saturated heterocycles. The van der Waals surface area contributed by atoms with Gasteiger partial charge in [-0.25, -0.2) is 4.79 Å². The Hall–Kier alpha value is -2.57. The molecule has 0 aromatic heterocycles. The third-order valence-corrected chi connectivity index (χ3v) is 6.77. The lowest BCUT2D eigenvalue weighted by molar-refractivity contribution is -0.150. The standard InChI is InChI=1S/C33H54O7/c1-3-5-7-9-11-13-15-20-24-37-31(34)26-30(40-33(36)39-28-29-22-18-17-19-23-29)27-32(35)38-25-21-16-14-12-10-8-6-4-2/h17-19,22-23,30H,3-16,20-21,24-28H2,1-2H3. The van der Waals surface area contributed by atoms with Crippen molar-refractivity contribution in [3.05, 3.63) is 35.9 Å². The molecule has 0 amide bonds. The highest BCUT2D eigenvalue weighted by Crippen LogP contribution is 2.13. The van der Waals surface area contributed by atoms with Gasteiger partial charge in [-0.3, -0.25) is 9.59 Å². The average Bonchev–Trinajstić information content (AvgIpc) is 2.95. The lowest BCUT2D eigenvalue weighted by atomic mass is 10.1. The van der Waals surface area contributed by atoms with E-state index in [1.807, 2.05) is 30.3 Å². The highest BCUT2D eigenvalue weighted by atomic mass is 16.7. The number of carbonyl (C=O) groups is 3. The fraction of sp³-hybridized carbons (Fsp3) is 0.727. The topological polar surface area (TPSA) is 88.1 Å². The maximum Gasteiger partial charge on any atom is 0.508 e. The Bertz CT molecular complexity index is 729. The maximum atomic E-state index is 12.4. The Balaban J connectivity index is 2.38. The zero-order valence-electron chi connectivity index (χ0n) is 25.2. The van der Waals surface area contributed by atoms with Crippen molar-refractivity contribution in [1.82, 2.24) is 0 Å². The van der Waals surface area contributed by atoms with Crippen LogP contribution in [-0.2, 0) is 35.1 Å². The van der Waals surface area contributed by atoms with Crippen molar-refractivity contribution in [1.29, 1.82) is 0 Å². The molecule has 7 heteroatoms. The molecule has 0 bridgehead atoms. The van der Waals surface area contributed by atoms with E-state index in [1.54, 1.807) is 0 Å². The SMILES string of the molecule is CCCCCCCCCCOC(=O)CC(CC(=O)OCCCCCCCCCC)OC(=O)OCc1ccccc1. The van der Waals surface area contributed by atoms with Crippen molar-refractivity contribution >= 4 is 18.1 Å². The first-order valence-corrected chi connectivity index (χ1v) is 15.7. The van der Waals surface area contributed by atoms with Crippen molar-refractivity contribution in [2.75, 3.05) is 13.2 Å². The van der Waals surface area contributed by atoms with Gasteiger partial charge in [0.25, 0.3) is 0 Å². The summed E-state index contributed by atoms with van der Waals surface area (Å²) in [6.07, 6.45) is 16.0. The van der Waals surface area contributed by atoms with Gasteiger partial charge in [-0.2, -0.15) is 0 Å². The molecule has 0 heterocycles. The average molecular weight is 563 g/mol. The molecule has 0 aliphatic heterocycles. The van der Waals surface area contributed by atoms with E-state index in [1.165, 1.54) is 64.2 Å². The fourth-order valence-electron chi connectivity index (χ4n) is 4.38. The summed E-state index contributed by atoms with van der Waals surface area (Å²) < 4.78 is 21.2. The molecule has 0 spiro atoms. The van der Waals surface area contributed by atoms with E-state index < -0.39 is 24.2 Å². The number of benzene rings is 1. The Kier molecular flexibility index (Phi) is 22.5. The second kappa shape index (κ2) is 25.4. The van der Waals surface area contributed by atoms with Crippen molar-refractivity contribution < 1.29 is 33.3 Å². The van der Waals surface area contributed by atoms with E-state index in [9.17, 15) is 14.4 Å². The van der Waals surface area contributed by atoms with Gasteiger partial charge in [-0.15, -0.1) is 0 Å². The van der Waals surface area contributed by atoms with Crippen LogP contribution in [-0.4, -0.2) is 37.4 Å². The first-order valence-electron chi connectivity index (χ1n) is 15.7. The van der Waals surface area contributed by atoms with Gasteiger partial charge in [-0.1, -0.05) is 134 Å². The smallest absolute Gasteiger partial charge is 0.466 e. The van der Waals surface area contributed by atoms with Crippen LogP contribution < -0.4 is 0 Å². The number of esters is 2. The van der Waals surface area contributed by atoms with E-state index in [2.05, 4.69) is 13.8 Å². The highest BCUT2D eigenvalue weighted by Gasteiger charge is 2.24. The molecular formula is C33H54O7. The Labute approximate surface area is 242 Å². The van der Waals surface area contributed by atoms with Crippen LogP contribution in [0.4, 0.5) is 4.79 Å². The molecular weight excluding hydrogens is 508 g/mol. The molecule has 40 heavy (non-hydrogen) atoms. The van der Waals surface area contributed by atoms with Crippen LogP contribution in [0.3, 0.4) is 0 Å². The minimum Gasteiger partial charge on any atom is -0.466 e. The summed E-state index contributed by atoms with van der Waals surface area (Å²) in [5, 5.41) is 0. The summed E-state index contributed by atoms with van der Waals surface area (Å²) in [7, 11) is 0. The van der Waals surface area contributed by atoms with Crippen LogP contribution in [0.25, 0.3) is 0 Å². The molecule has 0 N–H and O–H groups in total. The molecule has 1 aromatic carbocycles. The summed E-state index contributed by atoms with van der Waals surface area (Å²) in [5.74, 6) is -1.00. The largest absolute Gasteiger partial charge is 0.508 e. The van der Waals surface area contributed by atoms with E-state index >= 15 is 0 Å². The number of rotatable bonds is 25. The quantitative estimate of drug-likeness (QED) is 0.0668. The van der Waals surface area contributed by atoms with Gasteiger partial charge in [0.2, 0.25) is 0 Å². The van der Waals surface area contributed by atoms with Gasteiger partial charge in [0.15, 0.2) is 0 Å². The van der Waals surface area contributed by atoms with Gasteiger partial charge >= 0.3 is 18.1 Å². The maximum absolute atomic E-state index is 12.4. The van der Waals surface area contributed by atoms with Crippen molar-refractivity contribution in [3.63, 3.8) is 0 Å². The molecule has 1 aromatic rings. The molecule has 7 nitrogen and oxygen atoms in total. The summed E-state index contributed by atoms with van der Waals surface area (Å²) in [6.45, 7) is 5.10. The van der Waals surface area contributed by atoms with Gasteiger partial charge < -0.3 is 18.9 Å². The monoisotopic (exact) mass is 562 g/mol. The summed E-state index contributed by atoms with van der Waals surface area (Å²) in [5.41, 5.74) is 0.811. The third-order valence-electron chi connectivity index (χ3n) is 6.77. The van der Waals surface area contributed by atoms with Gasteiger partial charge in [-0.05, 0) is 18.4 Å². The molecule has 0 aliphatic rings. The number of unbranched alkanes of at least 4 members (excludes halogenated alkanes) is 14. The lowest BCUT2D eigenvalue weighted by Gasteiger charge is -2.17. The van der Waals surface area contributed by atoms with E-state index in [0.29, 0.717) is 13.2 Å². The predicted molar refractivity (Wildman–Crippen MR) is 158 cm³/mol. The second-order valence-corrected chi connectivity index (χ2v) is 10.6. The minimum absolute atomic E-state index is 0.0399. The first-order chi connectivity index (χ1) is 19.5. The van der Waals surface area contributed by atoms with Crippen LogP contribution in [0.1, 0.15) is 135 Å². The van der Waals surface area contributed by atoms with Crippen LogP contribution in [0, 0.1) is 0 Å². The van der Waals surface area contributed by atoms with Crippen molar-refractivity contribution in [3.8, 4) is 0 Å². The molecule has 0 fully saturated rings. The van der Waals surface area contributed by atoms with Crippen LogP contribution >= 0.6 is 0 Å². The Morgan fingerprint density at radius 2 is 1.00 bits per heavy atom. The van der Waals surface area contributed by atoms with E-state index in [-0.39, 0.29) is 19.4 Å². The summed E-state index contributed by atoms with van der Waals surface area (Å²) in [6, 6.07) is 9.22. The van der Waals surface area contributed by atoms with Gasteiger partial charge in [0, 0.05) is 0 Å². The van der Waals surface area contributed by atoms with E-state index in [4.69, 9.17) is 18.9 Å². The fourth-order valence-corrected chi connectivity index (χ4v) is 4.38. The third kappa shape index (κ3) is 21.3. The minimum atomic E-state index is -1.000. The zero-order chi connectivity index (χ0) is 29.1. The second-order valence-electron chi connectivity index (χ2n) is 10.6. The van der Waals surface area contributed by atoms with Crippen LogP contribution in [0.2, 0.25) is 0 Å². The summed E-state index contributed by atoms with van der Waals surface area (Å²) in [4.78, 5) is 37.1. The zero-order valence-corrected chi connectivity index (χ0v) is 25.2. The van der Waals surface area contributed by atoms with Crippen molar-refractivity contribution in [2.45, 2.75) is 142 Å². The summed E-state index contributed by atoms with van der Waals surface area (Å²) >= 11 is 0. The lowest BCUT2D eigenvalue weighted by Crippen LogP contribution is -2.27. The number of ether oxygens (including phenoxy) is 4. The Morgan fingerprint density at radius 1 is 0.575 bits per heavy atom. The Morgan fingerprint density at radius 3 is 1.45 bits per heavy atom. The predicted octanol–water partition coefficient (Wildman–Crippen LogP) is 8.86. The van der Waals surface area contributed by atoms with E-state index in [0.717, 1.165) is 44.1 Å².